The predicted octanol–water partition coefficient (Wildman–Crippen LogP) is 0.167. The largest absolute Gasteiger partial charge is 0.478 e. The van der Waals surface area contributed by atoms with Crippen LogP contribution in [0.2, 0.25) is 0 Å². The number of carboxylic acid groups (broad SMARTS) is 1. The van der Waals surface area contributed by atoms with Gasteiger partial charge in [-0.15, -0.1) is 0 Å². The molecule has 2 rings (SSSR count). The average molecular weight is 250 g/mol. The number of carbonyl (C=O) groups is 2. The average Bonchev–Trinajstić information content (AvgIpc) is 3.14. The Morgan fingerprint density at radius 3 is 2.67 bits per heavy atom. The van der Waals surface area contributed by atoms with Gasteiger partial charge in [-0.3, -0.25) is 9.59 Å². The molecule has 1 N–H and O–H groups in total. The SMILES string of the molecule is CN(C(=O)Cn1cc(C(=O)O)ccc1=O)C1CC1. The number of aromatic nitrogens is 1. The zero-order valence-electron chi connectivity index (χ0n) is 10.00. The summed E-state index contributed by atoms with van der Waals surface area (Å²) in [6.45, 7) is -0.118. The van der Waals surface area contributed by atoms with E-state index in [4.69, 9.17) is 5.11 Å². The summed E-state index contributed by atoms with van der Waals surface area (Å²) < 4.78 is 1.13. The molecule has 0 bridgehead atoms. The van der Waals surface area contributed by atoms with E-state index in [0.717, 1.165) is 23.5 Å². The first kappa shape index (κ1) is 12.3. The van der Waals surface area contributed by atoms with E-state index in [1.807, 2.05) is 0 Å². The standard InChI is InChI=1S/C12H14N2O4/c1-13(9-3-4-9)11(16)7-14-6-8(12(17)18)2-5-10(14)15/h2,5-6,9H,3-4,7H2,1H3,(H,17,18). The van der Waals surface area contributed by atoms with Gasteiger partial charge in [0, 0.05) is 25.4 Å². The lowest BCUT2D eigenvalue weighted by Crippen LogP contribution is -2.35. The molecule has 0 unspecified atom stereocenters. The van der Waals surface area contributed by atoms with Gasteiger partial charge in [0.2, 0.25) is 5.91 Å². The maximum Gasteiger partial charge on any atom is 0.337 e. The molecule has 1 aliphatic carbocycles. The lowest BCUT2D eigenvalue weighted by molar-refractivity contribution is -0.131. The summed E-state index contributed by atoms with van der Waals surface area (Å²) in [5, 5.41) is 8.83. The Kier molecular flexibility index (Phi) is 3.18. The Hall–Kier alpha value is -2.11. The third-order valence-electron chi connectivity index (χ3n) is 3.02. The number of pyridine rings is 1. The highest BCUT2D eigenvalue weighted by atomic mass is 16.4. The molecular weight excluding hydrogens is 236 g/mol. The number of carbonyl (C=O) groups excluding carboxylic acids is 1. The normalized spacial score (nSPS) is 14.3. The molecule has 1 fully saturated rings. The van der Waals surface area contributed by atoms with Gasteiger partial charge in [0.1, 0.15) is 6.54 Å². The van der Waals surface area contributed by atoms with E-state index < -0.39 is 5.97 Å². The highest BCUT2D eigenvalue weighted by Crippen LogP contribution is 2.25. The van der Waals surface area contributed by atoms with E-state index in [9.17, 15) is 14.4 Å². The van der Waals surface area contributed by atoms with Gasteiger partial charge in [-0.2, -0.15) is 0 Å². The molecule has 1 aliphatic rings. The summed E-state index contributed by atoms with van der Waals surface area (Å²) in [6.07, 6.45) is 3.18. The molecular formula is C12H14N2O4. The van der Waals surface area contributed by atoms with Gasteiger partial charge in [-0.05, 0) is 18.9 Å². The second-order valence-corrected chi connectivity index (χ2v) is 4.42. The summed E-state index contributed by atoms with van der Waals surface area (Å²) >= 11 is 0. The molecule has 0 spiro atoms. The van der Waals surface area contributed by atoms with Gasteiger partial charge >= 0.3 is 5.97 Å². The number of carboxylic acids is 1. The van der Waals surface area contributed by atoms with Crippen molar-refractivity contribution in [1.29, 1.82) is 0 Å². The minimum Gasteiger partial charge on any atom is -0.478 e. The number of hydrogen-bond donors (Lipinski definition) is 1. The fourth-order valence-electron chi connectivity index (χ4n) is 1.70. The maximum absolute atomic E-state index is 11.8. The van der Waals surface area contributed by atoms with Crippen LogP contribution in [0.15, 0.2) is 23.1 Å². The van der Waals surface area contributed by atoms with Gasteiger partial charge in [-0.1, -0.05) is 0 Å². The Balaban J connectivity index is 2.17. The highest BCUT2D eigenvalue weighted by Gasteiger charge is 2.29. The van der Waals surface area contributed by atoms with Crippen LogP contribution in [-0.4, -0.2) is 39.5 Å². The summed E-state index contributed by atoms with van der Waals surface area (Å²) in [6, 6.07) is 2.67. The molecule has 0 aromatic carbocycles. The topological polar surface area (TPSA) is 79.6 Å². The van der Waals surface area contributed by atoms with Crippen molar-refractivity contribution in [3.63, 3.8) is 0 Å². The first-order valence-electron chi connectivity index (χ1n) is 5.68. The van der Waals surface area contributed by atoms with Crippen LogP contribution in [0.4, 0.5) is 0 Å². The molecule has 6 nitrogen and oxygen atoms in total. The molecule has 0 saturated heterocycles. The lowest BCUT2D eigenvalue weighted by Gasteiger charge is -2.16. The first-order chi connectivity index (χ1) is 8.49. The number of amides is 1. The van der Waals surface area contributed by atoms with E-state index in [1.165, 1.54) is 12.3 Å². The highest BCUT2D eigenvalue weighted by molar-refractivity contribution is 5.87. The molecule has 1 amide bonds. The minimum absolute atomic E-state index is 0.00326. The third kappa shape index (κ3) is 2.58. The van der Waals surface area contributed by atoms with Crippen LogP contribution in [0.5, 0.6) is 0 Å². The van der Waals surface area contributed by atoms with E-state index in [2.05, 4.69) is 0 Å². The van der Waals surface area contributed by atoms with Crippen LogP contribution in [-0.2, 0) is 11.3 Å². The zero-order chi connectivity index (χ0) is 13.3. The first-order valence-corrected chi connectivity index (χ1v) is 5.68. The van der Waals surface area contributed by atoms with E-state index >= 15 is 0 Å². The lowest BCUT2D eigenvalue weighted by atomic mass is 10.3. The summed E-state index contributed by atoms with van der Waals surface area (Å²) in [7, 11) is 1.70. The molecule has 0 atom stereocenters. The minimum atomic E-state index is -1.12. The van der Waals surface area contributed by atoms with Crippen LogP contribution in [0.1, 0.15) is 23.2 Å². The monoisotopic (exact) mass is 250 g/mol. The zero-order valence-corrected chi connectivity index (χ0v) is 10.00. The molecule has 0 radical (unpaired) electrons. The number of aromatic carboxylic acids is 1. The van der Waals surface area contributed by atoms with Crippen molar-refractivity contribution in [2.45, 2.75) is 25.4 Å². The molecule has 96 valence electrons. The molecule has 6 heteroatoms. The quantitative estimate of drug-likeness (QED) is 0.826. The Morgan fingerprint density at radius 2 is 2.11 bits per heavy atom. The van der Waals surface area contributed by atoms with Crippen molar-refractivity contribution >= 4 is 11.9 Å². The van der Waals surface area contributed by atoms with Crippen molar-refractivity contribution in [3.8, 4) is 0 Å². The molecule has 18 heavy (non-hydrogen) atoms. The van der Waals surface area contributed by atoms with Crippen molar-refractivity contribution in [1.82, 2.24) is 9.47 Å². The van der Waals surface area contributed by atoms with Crippen LogP contribution >= 0.6 is 0 Å². The summed E-state index contributed by atoms with van der Waals surface area (Å²) in [5.41, 5.74) is -0.381. The second-order valence-electron chi connectivity index (χ2n) is 4.42. The smallest absolute Gasteiger partial charge is 0.337 e. The van der Waals surface area contributed by atoms with Gasteiger partial charge in [-0.25, -0.2) is 4.79 Å². The molecule has 0 aliphatic heterocycles. The Labute approximate surface area is 103 Å². The van der Waals surface area contributed by atoms with Crippen molar-refractivity contribution in [2.24, 2.45) is 0 Å². The predicted molar refractivity (Wildman–Crippen MR) is 63.5 cm³/mol. The van der Waals surface area contributed by atoms with Crippen LogP contribution in [0.25, 0.3) is 0 Å². The number of nitrogens with zero attached hydrogens (tertiary/aromatic N) is 2. The van der Waals surface area contributed by atoms with Crippen molar-refractivity contribution in [2.75, 3.05) is 7.05 Å². The van der Waals surface area contributed by atoms with Crippen LogP contribution < -0.4 is 5.56 Å². The fourth-order valence-corrected chi connectivity index (χ4v) is 1.70. The Bertz CT molecular complexity index is 545. The van der Waals surface area contributed by atoms with E-state index in [1.54, 1.807) is 11.9 Å². The van der Waals surface area contributed by atoms with Gasteiger partial charge < -0.3 is 14.6 Å². The molecule has 1 aromatic rings. The van der Waals surface area contributed by atoms with E-state index in [0.29, 0.717) is 0 Å². The third-order valence-corrected chi connectivity index (χ3v) is 3.02. The van der Waals surface area contributed by atoms with Crippen molar-refractivity contribution in [3.05, 3.63) is 34.2 Å². The fraction of sp³-hybridized carbons (Fsp3) is 0.417. The van der Waals surface area contributed by atoms with Gasteiger partial charge in [0.25, 0.3) is 5.56 Å². The molecule has 1 aromatic heterocycles. The second kappa shape index (κ2) is 4.64. The van der Waals surface area contributed by atoms with Crippen LogP contribution in [0, 0.1) is 0 Å². The van der Waals surface area contributed by atoms with Crippen molar-refractivity contribution < 1.29 is 14.7 Å². The van der Waals surface area contributed by atoms with Gasteiger partial charge in [0.15, 0.2) is 0 Å². The van der Waals surface area contributed by atoms with E-state index in [-0.39, 0.29) is 29.6 Å². The number of likely N-dealkylation sites (N-methyl/N-ethyl adjacent to an activating group) is 1. The molecule has 1 saturated carbocycles. The summed E-state index contributed by atoms with van der Waals surface area (Å²) in [5.74, 6) is -1.30. The summed E-state index contributed by atoms with van der Waals surface area (Å²) in [4.78, 5) is 35.8. The van der Waals surface area contributed by atoms with Crippen LogP contribution in [0.3, 0.4) is 0 Å². The maximum atomic E-state index is 11.8. The van der Waals surface area contributed by atoms with Gasteiger partial charge in [0.05, 0.1) is 5.56 Å². The number of rotatable bonds is 4. The Morgan fingerprint density at radius 1 is 1.44 bits per heavy atom. The molecule has 1 heterocycles. The number of hydrogen-bond acceptors (Lipinski definition) is 3.